The second kappa shape index (κ2) is 12.1. The van der Waals surface area contributed by atoms with E-state index in [-0.39, 0.29) is 42.7 Å². The van der Waals surface area contributed by atoms with Crippen LogP contribution in [-0.4, -0.2) is 82.7 Å². The number of amides is 4. The predicted octanol–water partition coefficient (Wildman–Crippen LogP) is 1.25. The van der Waals surface area contributed by atoms with Crippen molar-refractivity contribution in [2.45, 2.75) is 71.3 Å². The van der Waals surface area contributed by atoms with E-state index in [9.17, 15) is 14.4 Å². The molecular formula is C25H39N7O4. The van der Waals surface area contributed by atoms with Gasteiger partial charge in [0.2, 0.25) is 5.91 Å². The molecule has 0 bridgehead atoms. The van der Waals surface area contributed by atoms with Crippen LogP contribution in [0.5, 0.6) is 0 Å². The molecule has 4 amide bonds. The number of guanidine groups is 1. The minimum absolute atomic E-state index is 0.134. The Morgan fingerprint density at radius 1 is 1.17 bits per heavy atom. The highest BCUT2D eigenvalue weighted by Gasteiger charge is 2.52. The molecular weight excluding hydrogens is 462 g/mol. The molecule has 5 N–H and O–H groups in total. The van der Waals surface area contributed by atoms with Crippen molar-refractivity contribution in [3.63, 3.8) is 0 Å². The highest BCUT2D eigenvalue weighted by Crippen LogP contribution is 2.31. The molecule has 0 aliphatic carbocycles. The number of nitrogens with zero attached hydrogens (tertiary/aromatic N) is 3. The SMILES string of the molecule is CC(C)CN1CC2N(C(=O)NC(C)C)O[C@H](Cc3ccccc3)C(=O)N2[C@@H](CCCNC(=N)N)C1=O. The van der Waals surface area contributed by atoms with Crippen LogP contribution in [0.4, 0.5) is 4.79 Å². The van der Waals surface area contributed by atoms with E-state index in [0.717, 1.165) is 5.56 Å². The number of piperazine rings is 1. The Balaban J connectivity index is 1.94. The topological polar surface area (TPSA) is 144 Å². The van der Waals surface area contributed by atoms with Gasteiger partial charge in [0, 0.05) is 25.6 Å². The van der Waals surface area contributed by atoms with E-state index >= 15 is 0 Å². The molecule has 3 rings (SSSR count). The number of urea groups is 1. The van der Waals surface area contributed by atoms with Crippen molar-refractivity contribution in [1.29, 1.82) is 5.41 Å². The van der Waals surface area contributed by atoms with Crippen LogP contribution in [0.1, 0.15) is 46.1 Å². The van der Waals surface area contributed by atoms with Gasteiger partial charge in [-0.2, -0.15) is 5.06 Å². The molecule has 0 spiro atoms. The van der Waals surface area contributed by atoms with E-state index in [0.29, 0.717) is 25.9 Å². The van der Waals surface area contributed by atoms with Gasteiger partial charge in [-0.3, -0.25) is 19.8 Å². The average molecular weight is 502 g/mol. The average Bonchev–Trinajstić information content (AvgIpc) is 2.80. The summed E-state index contributed by atoms with van der Waals surface area (Å²) >= 11 is 0. The fourth-order valence-electron chi connectivity index (χ4n) is 4.65. The highest BCUT2D eigenvalue weighted by molar-refractivity contribution is 5.92. The van der Waals surface area contributed by atoms with Crippen LogP contribution in [0.3, 0.4) is 0 Å². The predicted molar refractivity (Wildman–Crippen MR) is 136 cm³/mol. The van der Waals surface area contributed by atoms with Crippen molar-refractivity contribution < 1.29 is 19.2 Å². The molecule has 2 aliphatic heterocycles. The zero-order valence-corrected chi connectivity index (χ0v) is 21.6. The molecule has 0 radical (unpaired) electrons. The van der Waals surface area contributed by atoms with Gasteiger partial charge in [0.15, 0.2) is 18.2 Å². The van der Waals surface area contributed by atoms with E-state index in [1.54, 1.807) is 9.80 Å². The van der Waals surface area contributed by atoms with Crippen molar-refractivity contribution in [3.05, 3.63) is 35.9 Å². The van der Waals surface area contributed by atoms with Gasteiger partial charge < -0.3 is 26.2 Å². The lowest BCUT2D eigenvalue weighted by atomic mass is 9.98. The number of carbonyl (C=O) groups excluding carboxylic acids is 3. The van der Waals surface area contributed by atoms with E-state index in [2.05, 4.69) is 10.6 Å². The lowest BCUT2D eigenvalue weighted by Gasteiger charge is -2.53. The second-order valence-corrected chi connectivity index (χ2v) is 10.1. The summed E-state index contributed by atoms with van der Waals surface area (Å²) in [5.41, 5.74) is 6.29. The summed E-state index contributed by atoms with van der Waals surface area (Å²) < 4.78 is 0. The third kappa shape index (κ3) is 6.66. The van der Waals surface area contributed by atoms with Gasteiger partial charge in [-0.25, -0.2) is 4.79 Å². The molecule has 3 atom stereocenters. The van der Waals surface area contributed by atoms with Crippen LogP contribution in [-0.2, 0) is 20.8 Å². The molecule has 198 valence electrons. The maximum absolute atomic E-state index is 13.8. The Morgan fingerprint density at radius 3 is 2.47 bits per heavy atom. The van der Waals surface area contributed by atoms with Crippen LogP contribution in [0, 0.1) is 11.3 Å². The fourth-order valence-corrected chi connectivity index (χ4v) is 4.65. The smallest absolute Gasteiger partial charge is 0.343 e. The number of rotatable bonds is 9. The molecule has 1 unspecified atom stereocenters. The standard InChI is InChI=1S/C25H39N7O4/c1-16(2)14-30-15-21-31(19(22(30)33)11-8-12-28-24(26)27)23(34)20(13-18-9-6-5-7-10-18)36-32(21)25(35)29-17(3)4/h5-7,9-10,16-17,19-21H,8,11-15H2,1-4H3,(H,29,35)(H4,26,27,28)/t19-,20+,21?/m0/s1. The van der Waals surface area contributed by atoms with Gasteiger partial charge in [0.1, 0.15) is 6.04 Å². The molecule has 2 heterocycles. The van der Waals surface area contributed by atoms with Crippen molar-refractivity contribution in [2.75, 3.05) is 19.6 Å². The van der Waals surface area contributed by atoms with Crippen molar-refractivity contribution in [2.24, 2.45) is 11.7 Å². The summed E-state index contributed by atoms with van der Waals surface area (Å²) in [6.45, 7) is 8.83. The maximum Gasteiger partial charge on any atom is 0.343 e. The van der Waals surface area contributed by atoms with Gasteiger partial charge in [0.05, 0.1) is 6.54 Å². The van der Waals surface area contributed by atoms with Gasteiger partial charge in [0.25, 0.3) is 5.91 Å². The monoisotopic (exact) mass is 501 g/mol. The summed E-state index contributed by atoms with van der Waals surface area (Å²) in [6.07, 6.45) is -0.524. The number of nitrogens with one attached hydrogen (secondary N) is 3. The van der Waals surface area contributed by atoms with E-state index in [4.69, 9.17) is 16.0 Å². The molecule has 11 nitrogen and oxygen atoms in total. The van der Waals surface area contributed by atoms with Crippen LogP contribution in [0.15, 0.2) is 30.3 Å². The Bertz CT molecular complexity index is 940. The Morgan fingerprint density at radius 2 is 1.86 bits per heavy atom. The molecule has 2 fully saturated rings. The van der Waals surface area contributed by atoms with Crippen LogP contribution < -0.4 is 16.4 Å². The third-order valence-electron chi connectivity index (χ3n) is 6.11. The van der Waals surface area contributed by atoms with Gasteiger partial charge in [-0.05, 0) is 38.2 Å². The number of benzene rings is 1. The normalized spacial score (nSPS) is 22.2. The summed E-state index contributed by atoms with van der Waals surface area (Å²) in [5, 5.41) is 14.2. The number of carbonyl (C=O) groups is 3. The summed E-state index contributed by atoms with van der Waals surface area (Å²) in [4.78, 5) is 49.9. The minimum Gasteiger partial charge on any atom is -0.370 e. The molecule has 11 heteroatoms. The highest BCUT2D eigenvalue weighted by atomic mass is 16.7. The van der Waals surface area contributed by atoms with E-state index in [1.807, 2.05) is 58.0 Å². The molecule has 1 aromatic carbocycles. The molecule has 2 aliphatic rings. The number of nitrogens with two attached hydrogens (primary N) is 1. The molecule has 0 aromatic heterocycles. The Labute approximate surface area is 212 Å². The second-order valence-electron chi connectivity index (χ2n) is 10.1. The quantitative estimate of drug-likeness (QED) is 0.228. The van der Waals surface area contributed by atoms with Crippen LogP contribution in [0.2, 0.25) is 0 Å². The zero-order chi connectivity index (χ0) is 26.4. The first-order valence-corrected chi connectivity index (χ1v) is 12.6. The first kappa shape index (κ1) is 27.3. The van der Waals surface area contributed by atoms with Crippen molar-refractivity contribution >= 4 is 23.8 Å². The lowest BCUT2D eigenvalue weighted by Crippen LogP contribution is -2.74. The first-order valence-electron chi connectivity index (χ1n) is 12.6. The van der Waals surface area contributed by atoms with Crippen LogP contribution in [0.25, 0.3) is 0 Å². The first-order chi connectivity index (χ1) is 17.1. The fraction of sp³-hybridized carbons (Fsp3) is 0.600. The Kier molecular flexibility index (Phi) is 9.14. The van der Waals surface area contributed by atoms with Gasteiger partial charge in [-0.1, -0.05) is 44.2 Å². The number of hydroxylamine groups is 2. The lowest BCUT2D eigenvalue weighted by molar-refractivity contribution is -0.259. The molecule has 0 saturated carbocycles. The number of hydrogen-bond acceptors (Lipinski definition) is 5. The molecule has 36 heavy (non-hydrogen) atoms. The summed E-state index contributed by atoms with van der Waals surface area (Å²) in [5.74, 6) is -0.379. The maximum atomic E-state index is 13.8. The summed E-state index contributed by atoms with van der Waals surface area (Å²) in [6, 6.07) is 8.13. The third-order valence-corrected chi connectivity index (χ3v) is 6.11. The molecule has 2 saturated heterocycles. The van der Waals surface area contributed by atoms with Crippen molar-refractivity contribution in [3.8, 4) is 0 Å². The van der Waals surface area contributed by atoms with Gasteiger partial charge in [-0.15, -0.1) is 0 Å². The van der Waals surface area contributed by atoms with Crippen LogP contribution >= 0.6 is 0 Å². The zero-order valence-electron chi connectivity index (χ0n) is 21.6. The van der Waals surface area contributed by atoms with Crippen molar-refractivity contribution in [1.82, 2.24) is 25.5 Å². The Hall–Kier alpha value is -3.34. The van der Waals surface area contributed by atoms with Gasteiger partial charge >= 0.3 is 6.03 Å². The summed E-state index contributed by atoms with van der Waals surface area (Å²) in [7, 11) is 0. The molecule has 1 aromatic rings. The number of fused-ring (bicyclic) bond motifs is 1. The number of hydrogen-bond donors (Lipinski definition) is 4. The van der Waals surface area contributed by atoms with E-state index < -0.39 is 24.3 Å². The largest absolute Gasteiger partial charge is 0.370 e. The minimum atomic E-state index is -0.941. The van der Waals surface area contributed by atoms with E-state index in [1.165, 1.54) is 5.06 Å².